The largest absolute Gasteiger partial charge is 0.264 e. The van der Waals surface area contributed by atoms with Crippen LogP contribution in [-0.4, -0.2) is 24.9 Å². The van der Waals surface area contributed by atoms with Crippen molar-refractivity contribution in [1.29, 1.82) is 0 Å². The first-order chi connectivity index (χ1) is 28.7. The predicted octanol–water partition coefficient (Wildman–Crippen LogP) is 13.3. The van der Waals surface area contributed by atoms with Gasteiger partial charge in [-0.05, 0) is 85.6 Å². The van der Waals surface area contributed by atoms with Crippen molar-refractivity contribution in [2.24, 2.45) is 0 Å². The lowest BCUT2D eigenvalue weighted by atomic mass is 9.89. The highest BCUT2D eigenvalue weighted by Gasteiger charge is 2.18. The fourth-order valence-electron chi connectivity index (χ4n) is 8.15. The first kappa shape index (κ1) is 33.4. The maximum Gasteiger partial charge on any atom is 0.164 e. The molecular weight excluding hydrogens is 707 g/mol. The Morgan fingerprint density at radius 2 is 0.862 bits per heavy atom. The summed E-state index contributed by atoms with van der Waals surface area (Å²) in [6.45, 7) is 0. The normalized spacial score (nSPS) is 11.4. The van der Waals surface area contributed by atoms with E-state index in [-0.39, 0.29) is 0 Å². The zero-order valence-corrected chi connectivity index (χ0v) is 31.3. The second-order valence-corrected chi connectivity index (χ2v) is 14.5. The molecule has 0 saturated carbocycles. The number of para-hydroxylation sites is 1. The number of hydrogen-bond donors (Lipinski definition) is 0. The molecule has 0 fully saturated rings. The molecule has 270 valence electrons. The number of nitrogens with zero attached hydrogens (tertiary/aromatic N) is 5. The highest BCUT2D eigenvalue weighted by Crippen LogP contribution is 2.41. The molecule has 0 spiro atoms. The molecule has 5 heteroatoms. The topological polar surface area (TPSA) is 64.5 Å². The lowest BCUT2D eigenvalue weighted by Gasteiger charge is -2.16. The summed E-state index contributed by atoms with van der Waals surface area (Å²) >= 11 is 0. The van der Waals surface area contributed by atoms with Crippen LogP contribution in [0.3, 0.4) is 0 Å². The third kappa shape index (κ3) is 5.94. The maximum atomic E-state index is 5.26. The van der Waals surface area contributed by atoms with Crippen molar-refractivity contribution in [3.8, 4) is 67.7 Å². The molecular formula is C53H33N5. The van der Waals surface area contributed by atoms with Crippen molar-refractivity contribution in [2.45, 2.75) is 0 Å². The van der Waals surface area contributed by atoms with E-state index in [1.54, 1.807) is 0 Å². The predicted molar refractivity (Wildman–Crippen MR) is 238 cm³/mol. The van der Waals surface area contributed by atoms with Crippen LogP contribution in [0.25, 0.3) is 111 Å². The molecule has 0 aliphatic carbocycles. The molecule has 0 unspecified atom stereocenters. The highest BCUT2D eigenvalue weighted by atomic mass is 15.0. The summed E-state index contributed by atoms with van der Waals surface area (Å²) in [7, 11) is 0. The minimum absolute atomic E-state index is 0.608. The number of hydrogen-bond acceptors (Lipinski definition) is 5. The molecule has 0 aliphatic heterocycles. The zero-order chi connectivity index (χ0) is 38.4. The molecule has 0 bridgehead atoms. The molecule has 0 atom stereocenters. The van der Waals surface area contributed by atoms with Gasteiger partial charge in [0, 0.05) is 45.4 Å². The van der Waals surface area contributed by atoms with E-state index in [2.05, 4.69) is 126 Å². The quantitative estimate of drug-likeness (QED) is 0.159. The molecule has 0 N–H and O–H groups in total. The Bertz CT molecular complexity index is 3290. The van der Waals surface area contributed by atoms with Gasteiger partial charge >= 0.3 is 0 Å². The van der Waals surface area contributed by atoms with E-state index in [4.69, 9.17) is 19.9 Å². The standard InChI is InChI=1S/C53H33N5/c1-3-14-35(15-4-1)51-56-52(36-16-5-2-6-17-36)58-53(57-51)41-31-39(38-24-23-34-13-7-8-18-37(34)29-38)30-40(32-41)42-25-26-47(44-20-10-9-19-43(42)44)50-48-33-54-28-27-45(48)46-21-11-12-22-49(46)55-50/h1-33H. The van der Waals surface area contributed by atoms with Gasteiger partial charge in [-0.3, -0.25) is 4.98 Å². The second kappa shape index (κ2) is 14.0. The summed E-state index contributed by atoms with van der Waals surface area (Å²) in [5.74, 6) is 1.86. The van der Waals surface area contributed by atoms with Gasteiger partial charge < -0.3 is 0 Å². The van der Waals surface area contributed by atoms with Crippen molar-refractivity contribution in [3.05, 3.63) is 200 Å². The summed E-state index contributed by atoms with van der Waals surface area (Å²) in [6, 6.07) is 65.6. The number of benzene rings is 8. The number of rotatable bonds is 6. The van der Waals surface area contributed by atoms with Gasteiger partial charge in [0.15, 0.2) is 17.5 Å². The Morgan fingerprint density at radius 1 is 0.293 bits per heavy atom. The average molecular weight is 740 g/mol. The van der Waals surface area contributed by atoms with Crippen LogP contribution >= 0.6 is 0 Å². The minimum Gasteiger partial charge on any atom is -0.264 e. The minimum atomic E-state index is 0.608. The molecule has 3 aromatic heterocycles. The number of aromatic nitrogens is 5. The van der Waals surface area contributed by atoms with Crippen LogP contribution in [0, 0.1) is 0 Å². The van der Waals surface area contributed by atoms with Gasteiger partial charge in [0.1, 0.15) is 0 Å². The summed E-state index contributed by atoms with van der Waals surface area (Å²) in [4.78, 5) is 25.1. The van der Waals surface area contributed by atoms with Gasteiger partial charge in [-0.1, -0.05) is 152 Å². The van der Waals surface area contributed by atoms with Crippen molar-refractivity contribution >= 4 is 43.2 Å². The van der Waals surface area contributed by atoms with E-state index in [1.165, 1.54) is 10.8 Å². The van der Waals surface area contributed by atoms with Gasteiger partial charge in [-0.25, -0.2) is 19.9 Å². The first-order valence-electron chi connectivity index (χ1n) is 19.4. The van der Waals surface area contributed by atoms with E-state index >= 15 is 0 Å². The van der Waals surface area contributed by atoms with E-state index in [0.717, 1.165) is 82.6 Å². The highest BCUT2D eigenvalue weighted by molar-refractivity contribution is 6.14. The molecule has 11 rings (SSSR count). The Hall–Kier alpha value is -7.89. The molecule has 0 saturated heterocycles. The van der Waals surface area contributed by atoms with Gasteiger partial charge in [0.05, 0.1) is 11.2 Å². The molecule has 3 heterocycles. The molecule has 58 heavy (non-hydrogen) atoms. The number of pyridine rings is 2. The Kier molecular flexibility index (Phi) is 8.07. The summed E-state index contributed by atoms with van der Waals surface area (Å²) < 4.78 is 0. The summed E-state index contributed by atoms with van der Waals surface area (Å²) in [5, 5.41) is 7.90. The van der Waals surface area contributed by atoms with Crippen LogP contribution in [0.5, 0.6) is 0 Å². The van der Waals surface area contributed by atoms with Crippen molar-refractivity contribution in [1.82, 2.24) is 24.9 Å². The number of fused-ring (bicyclic) bond motifs is 5. The molecule has 0 radical (unpaired) electrons. The van der Waals surface area contributed by atoms with E-state index in [9.17, 15) is 0 Å². The zero-order valence-electron chi connectivity index (χ0n) is 31.3. The smallest absolute Gasteiger partial charge is 0.164 e. The van der Waals surface area contributed by atoms with Gasteiger partial charge in [0.25, 0.3) is 0 Å². The van der Waals surface area contributed by atoms with E-state index in [1.807, 2.05) is 79.1 Å². The molecule has 8 aromatic carbocycles. The summed E-state index contributed by atoms with van der Waals surface area (Å²) in [6.07, 6.45) is 3.80. The monoisotopic (exact) mass is 739 g/mol. The SMILES string of the molecule is c1ccc(-c2nc(-c3ccccc3)nc(-c3cc(-c4ccc5ccccc5c4)cc(-c4ccc(-c5nc6ccccc6c6ccncc56)c5ccccc45)c3)n2)cc1. The van der Waals surface area contributed by atoms with E-state index < -0.39 is 0 Å². The van der Waals surface area contributed by atoms with E-state index in [0.29, 0.717) is 17.5 Å². The van der Waals surface area contributed by atoms with Gasteiger partial charge in [0.2, 0.25) is 0 Å². The molecule has 11 aromatic rings. The first-order valence-corrected chi connectivity index (χ1v) is 19.4. The van der Waals surface area contributed by atoms with Crippen molar-refractivity contribution < 1.29 is 0 Å². The van der Waals surface area contributed by atoms with Crippen molar-refractivity contribution in [2.75, 3.05) is 0 Å². The third-order valence-corrected chi connectivity index (χ3v) is 11.0. The third-order valence-electron chi connectivity index (χ3n) is 11.0. The average Bonchev–Trinajstić information content (AvgIpc) is 3.31. The molecule has 0 aliphatic rings. The fraction of sp³-hybridized carbons (Fsp3) is 0. The Morgan fingerprint density at radius 3 is 1.60 bits per heavy atom. The second-order valence-electron chi connectivity index (χ2n) is 14.5. The van der Waals surface area contributed by atoms with Gasteiger partial charge in [-0.15, -0.1) is 0 Å². The van der Waals surface area contributed by atoms with Crippen LogP contribution in [-0.2, 0) is 0 Å². The lowest BCUT2D eigenvalue weighted by Crippen LogP contribution is -2.00. The lowest BCUT2D eigenvalue weighted by molar-refractivity contribution is 1.07. The van der Waals surface area contributed by atoms with Crippen LogP contribution < -0.4 is 0 Å². The Balaban J connectivity index is 1.15. The maximum absolute atomic E-state index is 5.26. The van der Waals surface area contributed by atoms with Crippen LogP contribution in [0.2, 0.25) is 0 Å². The van der Waals surface area contributed by atoms with Crippen molar-refractivity contribution in [3.63, 3.8) is 0 Å². The summed E-state index contributed by atoms with van der Waals surface area (Å²) in [5.41, 5.74) is 10.1. The van der Waals surface area contributed by atoms with Crippen LogP contribution in [0.4, 0.5) is 0 Å². The Labute approximate surface area is 335 Å². The van der Waals surface area contributed by atoms with Crippen LogP contribution in [0.1, 0.15) is 0 Å². The van der Waals surface area contributed by atoms with Gasteiger partial charge in [-0.2, -0.15) is 0 Å². The molecule has 0 amide bonds. The molecule has 5 nitrogen and oxygen atoms in total. The van der Waals surface area contributed by atoms with Crippen LogP contribution in [0.15, 0.2) is 200 Å². The fourth-order valence-corrected chi connectivity index (χ4v) is 8.15.